The van der Waals surface area contributed by atoms with E-state index in [0.29, 0.717) is 0 Å². The minimum absolute atomic E-state index is 0.0846. The number of sulfone groups is 1. The van der Waals surface area contributed by atoms with E-state index in [-0.39, 0.29) is 11.2 Å². The molecule has 0 fully saturated rings. The second kappa shape index (κ2) is 3.96. The summed E-state index contributed by atoms with van der Waals surface area (Å²) < 4.78 is 22.9. The van der Waals surface area contributed by atoms with Crippen LogP contribution in [0.15, 0.2) is 0 Å². The molecule has 0 rings (SSSR count). The second-order valence-corrected chi connectivity index (χ2v) is 7.11. The first-order valence-corrected chi connectivity index (χ1v) is 6.24. The molecule has 0 bridgehead atoms. The summed E-state index contributed by atoms with van der Waals surface area (Å²) in [6, 6.07) is 0. The Bertz CT molecular complexity index is 249. The molecule has 1 N–H and O–H groups in total. The van der Waals surface area contributed by atoms with E-state index < -0.39 is 21.2 Å². The summed E-state index contributed by atoms with van der Waals surface area (Å²) in [6.45, 7) is 8.66. The summed E-state index contributed by atoms with van der Waals surface area (Å²) in [4.78, 5) is 0. The van der Waals surface area contributed by atoms with E-state index in [9.17, 15) is 13.5 Å². The van der Waals surface area contributed by atoms with Crippen molar-refractivity contribution in [3.05, 3.63) is 0 Å². The van der Waals surface area contributed by atoms with E-state index in [1.165, 1.54) is 0 Å². The van der Waals surface area contributed by atoms with Crippen LogP contribution in [0.1, 0.15) is 34.6 Å². The monoisotopic (exact) mass is 208 g/mol. The molecule has 4 heteroatoms. The smallest absolute Gasteiger partial charge is 0.155 e. The molecule has 0 radical (unpaired) electrons. The van der Waals surface area contributed by atoms with E-state index in [1.807, 2.05) is 20.8 Å². The fraction of sp³-hybridized carbons (Fsp3) is 1.00. The zero-order valence-corrected chi connectivity index (χ0v) is 9.85. The number of rotatable bonds is 3. The van der Waals surface area contributed by atoms with Crippen LogP contribution in [-0.4, -0.2) is 30.6 Å². The number of hydrogen-bond donors (Lipinski definition) is 1. The lowest BCUT2D eigenvalue weighted by Gasteiger charge is -2.30. The van der Waals surface area contributed by atoms with Crippen molar-refractivity contribution in [2.75, 3.05) is 5.75 Å². The number of aliphatic hydroxyl groups is 1. The van der Waals surface area contributed by atoms with Gasteiger partial charge in [0, 0.05) is 5.75 Å². The van der Waals surface area contributed by atoms with Crippen molar-refractivity contribution in [2.45, 2.75) is 46.0 Å². The van der Waals surface area contributed by atoms with Gasteiger partial charge in [0.25, 0.3) is 0 Å². The number of hydrogen-bond acceptors (Lipinski definition) is 3. The Morgan fingerprint density at radius 3 is 1.92 bits per heavy atom. The highest BCUT2D eigenvalue weighted by Gasteiger charge is 2.34. The molecule has 0 aromatic heterocycles. The highest BCUT2D eigenvalue weighted by molar-refractivity contribution is 7.92. The lowest BCUT2D eigenvalue weighted by atomic mass is 9.87. The van der Waals surface area contributed by atoms with E-state index in [2.05, 4.69) is 0 Å². The fourth-order valence-electron chi connectivity index (χ4n) is 1.16. The highest BCUT2D eigenvalue weighted by Crippen LogP contribution is 2.25. The largest absolute Gasteiger partial charge is 0.391 e. The maximum Gasteiger partial charge on any atom is 0.155 e. The van der Waals surface area contributed by atoms with Crippen molar-refractivity contribution < 1.29 is 13.5 Å². The van der Waals surface area contributed by atoms with Crippen molar-refractivity contribution >= 4 is 9.84 Å². The van der Waals surface area contributed by atoms with Crippen molar-refractivity contribution in [3.63, 3.8) is 0 Å². The Morgan fingerprint density at radius 2 is 1.69 bits per heavy atom. The SMILES string of the molecule is CCS(=O)(=O)[C@H](C)[C@H](O)C(C)(C)C. The molecule has 0 aliphatic carbocycles. The minimum Gasteiger partial charge on any atom is -0.391 e. The quantitative estimate of drug-likeness (QED) is 0.758. The zero-order valence-electron chi connectivity index (χ0n) is 9.03. The molecule has 80 valence electrons. The molecular formula is C9H20O3S. The normalized spacial score (nSPS) is 18.3. The Kier molecular flexibility index (Phi) is 3.94. The average Bonchev–Trinajstić information content (AvgIpc) is 2.00. The van der Waals surface area contributed by atoms with Gasteiger partial charge < -0.3 is 5.11 Å². The van der Waals surface area contributed by atoms with Crippen LogP contribution in [0.4, 0.5) is 0 Å². The highest BCUT2D eigenvalue weighted by atomic mass is 32.2. The van der Waals surface area contributed by atoms with Gasteiger partial charge in [-0.1, -0.05) is 27.7 Å². The summed E-state index contributed by atoms with van der Waals surface area (Å²) in [6.07, 6.45) is -0.808. The molecule has 0 aliphatic heterocycles. The predicted octanol–water partition coefficient (Wildman–Crippen LogP) is 1.22. The van der Waals surface area contributed by atoms with Gasteiger partial charge in [0.15, 0.2) is 9.84 Å². The Balaban J connectivity index is 4.73. The minimum atomic E-state index is -3.13. The van der Waals surface area contributed by atoms with Crippen LogP contribution in [-0.2, 0) is 9.84 Å². The summed E-state index contributed by atoms with van der Waals surface area (Å²) in [5, 5.41) is 9.06. The van der Waals surface area contributed by atoms with Gasteiger partial charge in [-0.15, -0.1) is 0 Å². The summed E-state index contributed by atoms with van der Waals surface area (Å²) >= 11 is 0. The van der Waals surface area contributed by atoms with Crippen LogP contribution in [0.25, 0.3) is 0 Å². The van der Waals surface area contributed by atoms with E-state index in [4.69, 9.17) is 0 Å². The Morgan fingerprint density at radius 1 is 1.31 bits per heavy atom. The molecule has 13 heavy (non-hydrogen) atoms. The van der Waals surface area contributed by atoms with Gasteiger partial charge in [-0.2, -0.15) is 0 Å². The molecular weight excluding hydrogens is 188 g/mol. The third-order valence-electron chi connectivity index (χ3n) is 2.30. The van der Waals surface area contributed by atoms with Crippen LogP contribution in [0.5, 0.6) is 0 Å². The van der Waals surface area contributed by atoms with Gasteiger partial charge >= 0.3 is 0 Å². The second-order valence-electron chi connectivity index (χ2n) is 4.47. The van der Waals surface area contributed by atoms with Gasteiger partial charge in [0.2, 0.25) is 0 Å². The van der Waals surface area contributed by atoms with E-state index >= 15 is 0 Å². The average molecular weight is 208 g/mol. The topological polar surface area (TPSA) is 54.4 Å². The standard InChI is InChI=1S/C9H20O3S/c1-6-13(11,12)7(2)8(10)9(3,4)5/h7-8,10H,6H2,1-5H3/t7-,8+/m1/s1. The predicted molar refractivity (Wildman–Crippen MR) is 54.4 cm³/mol. The molecule has 0 aliphatic rings. The third kappa shape index (κ3) is 3.27. The van der Waals surface area contributed by atoms with Crippen LogP contribution < -0.4 is 0 Å². The van der Waals surface area contributed by atoms with Gasteiger partial charge in [-0.25, -0.2) is 8.42 Å². The summed E-state index contributed by atoms with van der Waals surface area (Å²) in [5.74, 6) is 0.0846. The van der Waals surface area contributed by atoms with Gasteiger partial charge in [-0.05, 0) is 12.3 Å². The van der Waals surface area contributed by atoms with E-state index in [0.717, 1.165) is 0 Å². The first-order chi connectivity index (χ1) is 5.63. The summed E-state index contributed by atoms with van der Waals surface area (Å²) in [5.41, 5.74) is -0.387. The van der Waals surface area contributed by atoms with Crippen LogP contribution >= 0.6 is 0 Å². The van der Waals surface area contributed by atoms with Crippen molar-refractivity contribution in [1.82, 2.24) is 0 Å². The molecule has 0 aromatic rings. The molecule has 0 heterocycles. The molecule has 0 unspecified atom stereocenters. The molecule has 2 atom stereocenters. The first kappa shape index (κ1) is 12.9. The Hall–Kier alpha value is -0.0900. The third-order valence-corrected chi connectivity index (χ3v) is 4.50. The van der Waals surface area contributed by atoms with Crippen molar-refractivity contribution in [3.8, 4) is 0 Å². The maximum atomic E-state index is 11.4. The first-order valence-electron chi connectivity index (χ1n) is 4.52. The maximum absolute atomic E-state index is 11.4. The van der Waals surface area contributed by atoms with Gasteiger partial charge in [0.05, 0.1) is 11.4 Å². The molecule has 0 saturated carbocycles. The number of aliphatic hydroxyl groups excluding tert-OH is 1. The van der Waals surface area contributed by atoms with Crippen molar-refractivity contribution in [1.29, 1.82) is 0 Å². The van der Waals surface area contributed by atoms with E-state index in [1.54, 1.807) is 13.8 Å². The van der Waals surface area contributed by atoms with Crippen LogP contribution in [0, 0.1) is 5.41 Å². The molecule has 0 saturated heterocycles. The lowest BCUT2D eigenvalue weighted by Crippen LogP contribution is -2.41. The molecule has 0 spiro atoms. The van der Waals surface area contributed by atoms with Gasteiger partial charge in [-0.3, -0.25) is 0 Å². The van der Waals surface area contributed by atoms with Crippen LogP contribution in [0.3, 0.4) is 0 Å². The van der Waals surface area contributed by atoms with Crippen LogP contribution in [0.2, 0.25) is 0 Å². The summed E-state index contributed by atoms with van der Waals surface area (Å²) in [7, 11) is -3.13. The zero-order chi connectivity index (χ0) is 10.9. The molecule has 0 amide bonds. The fourth-order valence-corrected chi connectivity index (χ4v) is 2.49. The lowest BCUT2D eigenvalue weighted by molar-refractivity contribution is 0.0626. The van der Waals surface area contributed by atoms with Crippen molar-refractivity contribution in [2.24, 2.45) is 5.41 Å². The molecule has 3 nitrogen and oxygen atoms in total. The Labute approximate surface area is 81.1 Å². The van der Waals surface area contributed by atoms with Gasteiger partial charge in [0.1, 0.15) is 0 Å². The molecule has 0 aromatic carbocycles.